The van der Waals surface area contributed by atoms with Gasteiger partial charge in [-0.25, -0.2) is 0 Å². The minimum atomic E-state index is -2.07. The molecule has 0 aromatic carbocycles. The summed E-state index contributed by atoms with van der Waals surface area (Å²) in [7, 11) is 2.52. The maximum absolute atomic E-state index is 13.1. The number of β-lactam (4-membered cyclic amide) rings is 1. The SMILES string of the molecule is CO[C@H]1O[C@H](C)[C@@H](OC(=O)[C@H](C)[C@H]2NC(=O)[C@@H]2[C@@H](C)O[Si](C)(C)C(C)(C)C)[C@H](OC)[C@H]1OC. The van der Waals surface area contributed by atoms with Gasteiger partial charge in [-0.3, -0.25) is 9.59 Å². The Labute approximate surface area is 199 Å². The predicted octanol–water partition coefficient (Wildman–Crippen LogP) is 2.48. The van der Waals surface area contributed by atoms with Crippen molar-refractivity contribution in [1.82, 2.24) is 5.32 Å². The lowest BCUT2D eigenvalue weighted by Crippen LogP contribution is -2.67. The lowest BCUT2D eigenvalue weighted by molar-refractivity contribution is -0.298. The highest BCUT2D eigenvalue weighted by molar-refractivity contribution is 6.74. The predicted molar refractivity (Wildman–Crippen MR) is 125 cm³/mol. The zero-order valence-corrected chi connectivity index (χ0v) is 23.0. The van der Waals surface area contributed by atoms with Crippen LogP contribution in [0.3, 0.4) is 0 Å². The van der Waals surface area contributed by atoms with Crippen LogP contribution in [0.25, 0.3) is 0 Å². The van der Waals surface area contributed by atoms with Gasteiger partial charge in [0.25, 0.3) is 0 Å². The Kier molecular flexibility index (Phi) is 9.14. The van der Waals surface area contributed by atoms with E-state index in [0.717, 1.165) is 0 Å². The van der Waals surface area contributed by atoms with E-state index in [9.17, 15) is 9.59 Å². The number of esters is 1. The second-order valence-electron chi connectivity index (χ2n) is 10.7. The highest BCUT2D eigenvalue weighted by Crippen LogP contribution is 2.40. The molecule has 0 spiro atoms. The normalized spacial score (nSPS) is 34.8. The second kappa shape index (κ2) is 10.7. The van der Waals surface area contributed by atoms with Gasteiger partial charge in [0.2, 0.25) is 5.91 Å². The number of carbonyl (C=O) groups excluding carboxylic acids is 2. The molecule has 0 aromatic rings. The van der Waals surface area contributed by atoms with Crippen LogP contribution in [0.4, 0.5) is 0 Å². The van der Waals surface area contributed by atoms with Crippen molar-refractivity contribution in [2.75, 3.05) is 21.3 Å². The fourth-order valence-electron chi connectivity index (χ4n) is 4.30. The van der Waals surface area contributed by atoms with E-state index in [1.807, 2.05) is 6.92 Å². The summed E-state index contributed by atoms with van der Waals surface area (Å²) in [6.07, 6.45) is -3.20. The molecule has 1 N–H and O–H groups in total. The van der Waals surface area contributed by atoms with Crippen LogP contribution in [0.5, 0.6) is 0 Å². The monoisotopic (exact) mass is 489 g/mol. The number of ether oxygens (including phenoxy) is 5. The Hall–Kier alpha value is -1.04. The van der Waals surface area contributed by atoms with Crippen molar-refractivity contribution in [3.05, 3.63) is 0 Å². The zero-order chi connectivity index (χ0) is 25.3. The minimum Gasteiger partial charge on any atom is -0.456 e. The lowest BCUT2D eigenvalue weighted by Gasteiger charge is -2.47. The molecular formula is C23H43NO8Si. The van der Waals surface area contributed by atoms with Gasteiger partial charge in [-0.05, 0) is 38.9 Å². The van der Waals surface area contributed by atoms with Gasteiger partial charge in [-0.15, -0.1) is 0 Å². The van der Waals surface area contributed by atoms with Gasteiger partial charge in [0.1, 0.15) is 12.2 Å². The van der Waals surface area contributed by atoms with E-state index in [4.69, 9.17) is 28.1 Å². The van der Waals surface area contributed by atoms with Crippen LogP contribution in [0.1, 0.15) is 41.5 Å². The number of hydrogen-bond donors (Lipinski definition) is 1. The molecule has 10 heteroatoms. The molecule has 1 amide bonds. The Morgan fingerprint density at radius 1 is 1.03 bits per heavy atom. The number of nitrogens with one attached hydrogen (secondary N) is 1. The highest BCUT2D eigenvalue weighted by Gasteiger charge is 2.52. The number of methoxy groups -OCH3 is 3. The Balaban J connectivity index is 2.10. The van der Waals surface area contributed by atoms with Crippen molar-refractivity contribution in [3.63, 3.8) is 0 Å². The largest absolute Gasteiger partial charge is 0.456 e. The Morgan fingerprint density at radius 2 is 1.61 bits per heavy atom. The number of rotatable bonds is 9. The summed E-state index contributed by atoms with van der Waals surface area (Å²) < 4.78 is 34.6. The molecule has 0 radical (unpaired) electrons. The van der Waals surface area contributed by atoms with Crippen molar-refractivity contribution in [1.29, 1.82) is 0 Å². The van der Waals surface area contributed by atoms with Crippen molar-refractivity contribution in [2.24, 2.45) is 11.8 Å². The fraction of sp³-hybridized carbons (Fsp3) is 0.913. The van der Waals surface area contributed by atoms with Crippen molar-refractivity contribution in [3.8, 4) is 0 Å². The summed E-state index contributed by atoms with van der Waals surface area (Å²) in [5.74, 6) is -1.51. The van der Waals surface area contributed by atoms with Crippen LogP contribution in [0, 0.1) is 11.8 Å². The summed E-state index contributed by atoms with van der Waals surface area (Å²) in [5.41, 5.74) is 0. The van der Waals surface area contributed by atoms with Crippen LogP contribution in [0.15, 0.2) is 0 Å². The van der Waals surface area contributed by atoms with E-state index in [1.165, 1.54) is 21.3 Å². The molecule has 0 bridgehead atoms. The van der Waals surface area contributed by atoms with Gasteiger partial charge in [-0.1, -0.05) is 20.8 Å². The molecule has 0 unspecified atom stereocenters. The molecule has 9 nitrogen and oxygen atoms in total. The minimum absolute atomic E-state index is 0.0196. The lowest BCUT2D eigenvalue weighted by atomic mass is 9.79. The summed E-state index contributed by atoms with van der Waals surface area (Å²) in [6.45, 7) is 16.3. The molecule has 2 aliphatic rings. The molecule has 0 aromatic heterocycles. The fourth-order valence-corrected chi connectivity index (χ4v) is 5.73. The van der Waals surface area contributed by atoms with Crippen molar-refractivity contribution in [2.45, 2.75) is 103 Å². The Morgan fingerprint density at radius 3 is 2.06 bits per heavy atom. The third kappa shape index (κ3) is 5.79. The van der Waals surface area contributed by atoms with Crippen LogP contribution in [-0.2, 0) is 37.7 Å². The van der Waals surface area contributed by atoms with Crippen molar-refractivity contribution >= 4 is 20.2 Å². The first-order valence-corrected chi connectivity index (χ1v) is 14.5. The molecule has 192 valence electrons. The Bertz CT molecular complexity index is 696. The molecule has 33 heavy (non-hydrogen) atoms. The summed E-state index contributed by atoms with van der Waals surface area (Å²) in [5, 5.41) is 2.90. The van der Waals surface area contributed by atoms with Gasteiger partial charge in [0.05, 0.1) is 30.1 Å². The van der Waals surface area contributed by atoms with Gasteiger partial charge < -0.3 is 33.4 Å². The number of carbonyl (C=O) groups is 2. The molecule has 0 saturated carbocycles. The van der Waals surface area contributed by atoms with E-state index in [1.54, 1.807) is 13.8 Å². The van der Waals surface area contributed by atoms with Crippen LogP contribution < -0.4 is 5.32 Å². The van der Waals surface area contributed by atoms with E-state index >= 15 is 0 Å². The van der Waals surface area contributed by atoms with Crippen LogP contribution in [0.2, 0.25) is 18.1 Å². The smallest absolute Gasteiger partial charge is 0.311 e. The first-order chi connectivity index (χ1) is 15.2. The third-order valence-corrected chi connectivity index (χ3v) is 12.0. The first-order valence-electron chi connectivity index (χ1n) is 11.6. The maximum Gasteiger partial charge on any atom is 0.311 e. The first kappa shape index (κ1) is 28.2. The highest BCUT2D eigenvalue weighted by atomic mass is 28.4. The molecule has 0 aliphatic carbocycles. The van der Waals surface area contributed by atoms with E-state index < -0.39 is 56.8 Å². The number of amides is 1. The van der Waals surface area contributed by atoms with Crippen LogP contribution in [-0.4, -0.2) is 84.4 Å². The molecule has 2 heterocycles. The topological polar surface area (TPSA) is 102 Å². The maximum atomic E-state index is 13.1. The average molecular weight is 490 g/mol. The molecule has 2 aliphatic heterocycles. The summed E-state index contributed by atoms with van der Waals surface area (Å²) in [4.78, 5) is 25.6. The quantitative estimate of drug-likeness (QED) is 0.299. The molecular weight excluding hydrogens is 446 g/mol. The average Bonchev–Trinajstić information content (AvgIpc) is 2.70. The molecule has 2 saturated heterocycles. The summed E-state index contributed by atoms with van der Waals surface area (Å²) in [6, 6.07) is -0.365. The van der Waals surface area contributed by atoms with Gasteiger partial charge >= 0.3 is 5.97 Å². The van der Waals surface area contributed by atoms with Crippen LogP contribution >= 0.6 is 0 Å². The van der Waals surface area contributed by atoms with Crippen molar-refractivity contribution < 1.29 is 37.7 Å². The molecule has 2 fully saturated rings. The van der Waals surface area contributed by atoms with E-state index in [2.05, 4.69) is 39.2 Å². The number of hydrogen-bond acceptors (Lipinski definition) is 8. The second-order valence-corrected chi connectivity index (χ2v) is 15.4. The standard InChI is InChI=1S/C23H43NO8Si/c1-12(16-15(20(25)24-16)13(2)32-33(10,11)23(4,5)6)21(26)31-17-14(3)30-22(29-9)19(28-8)18(17)27-7/h12-19,22H,1-11H3,(H,24,25)/t12-,13-,14-,15-,16-,17-,18+,19-,22+/m1/s1. The van der Waals surface area contributed by atoms with Gasteiger partial charge in [-0.2, -0.15) is 0 Å². The molecule has 2 rings (SSSR count). The van der Waals surface area contributed by atoms with E-state index in [0.29, 0.717) is 0 Å². The van der Waals surface area contributed by atoms with Gasteiger partial charge in [0.15, 0.2) is 20.7 Å². The van der Waals surface area contributed by atoms with Gasteiger partial charge in [0, 0.05) is 21.3 Å². The summed E-state index contributed by atoms with van der Waals surface area (Å²) >= 11 is 0. The van der Waals surface area contributed by atoms with E-state index in [-0.39, 0.29) is 23.1 Å². The zero-order valence-electron chi connectivity index (χ0n) is 22.0. The molecule has 9 atom stereocenters. The third-order valence-electron chi connectivity index (χ3n) is 7.46.